The van der Waals surface area contributed by atoms with Crippen molar-refractivity contribution in [1.29, 1.82) is 0 Å². The van der Waals surface area contributed by atoms with Crippen LogP contribution < -0.4 is 5.73 Å². The summed E-state index contributed by atoms with van der Waals surface area (Å²) in [6.07, 6.45) is 2.96. The van der Waals surface area contributed by atoms with E-state index in [0.29, 0.717) is 18.0 Å². The molecule has 0 aromatic heterocycles. The number of rotatable bonds is 4. The van der Waals surface area contributed by atoms with Gasteiger partial charge in [-0.05, 0) is 61.4 Å². The lowest BCUT2D eigenvalue weighted by molar-refractivity contribution is 0.511. The molecule has 1 unspecified atom stereocenters. The van der Waals surface area contributed by atoms with Gasteiger partial charge in [0, 0.05) is 0 Å². The molecule has 1 aromatic rings. The summed E-state index contributed by atoms with van der Waals surface area (Å²) in [4.78, 5) is 0. The molecular formula is C12H15F2N. The van der Waals surface area contributed by atoms with Crippen LogP contribution in [0.1, 0.15) is 30.7 Å². The molecule has 1 aliphatic carbocycles. The monoisotopic (exact) mass is 211 g/mol. The molecule has 0 bridgehead atoms. The van der Waals surface area contributed by atoms with Crippen molar-refractivity contribution >= 4 is 0 Å². The lowest BCUT2D eigenvalue weighted by Gasteiger charge is -2.16. The molecule has 2 rings (SSSR count). The summed E-state index contributed by atoms with van der Waals surface area (Å²) in [6, 6.07) is 3.68. The topological polar surface area (TPSA) is 26.0 Å². The molecule has 1 saturated carbocycles. The predicted octanol–water partition coefficient (Wildman–Crippen LogP) is 2.81. The number of nitrogens with two attached hydrogens (primary N) is 1. The summed E-state index contributed by atoms with van der Waals surface area (Å²) in [6.45, 7) is 0.525. The zero-order chi connectivity index (χ0) is 10.8. The molecule has 15 heavy (non-hydrogen) atoms. The Labute approximate surface area is 88.3 Å². The van der Waals surface area contributed by atoms with E-state index in [9.17, 15) is 8.78 Å². The van der Waals surface area contributed by atoms with Crippen LogP contribution in [0.4, 0.5) is 8.78 Å². The standard InChI is InChI=1S/C12H15F2N/c13-9-3-4-12(14)11(7-9)10(5-6-15)8-1-2-8/h3-4,7-8,10H,1-2,5-6,15H2. The summed E-state index contributed by atoms with van der Waals surface area (Å²) in [5, 5.41) is 0. The quantitative estimate of drug-likeness (QED) is 0.814. The number of benzene rings is 1. The van der Waals surface area contributed by atoms with Crippen LogP contribution in [0, 0.1) is 17.6 Å². The molecular weight excluding hydrogens is 196 g/mol. The molecule has 1 atom stereocenters. The Bertz CT molecular complexity index is 347. The zero-order valence-corrected chi connectivity index (χ0v) is 8.55. The maximum atomic E-state index is 13.5. The summed E-state index contributed by atoms with van der Waals surface area (Å²) in [7, 11) is 0. The average Bonchev–Trinajstić information content (AvgIpc) is 3.02. The van der Waals surface area contributed by atoms with Gasteiger partial charge in [-0.25, -0.2) is 8.78 Å². The predicted molar refractivity (Wildman–Crippen MR) is 55.5 cm³/mol. The van der Waals surface area contributed by atoms with Gasteiger partial charge in [0.15, 0.2) is 0 Å². The largest absolute Gasteiger partial charge is 0.330 e. The van der Waals surface area contributed by atoms with Crippen LogP contribution in [0.3, 0.4) is 0 Å². The zero-order valence-electron chi connectivity index (χ0n) is 8.55. The van der Waals surface area contributed by atoms with Crippen LogP contribution in [-0.2, 0) is 0 Å². The summed E-state index contributed by atoms with van der Waals surface area (Å²) >= 11 is 0. The molecule has 0 radical (unpaired) electrons. The molecule has 1 fully saturated rings. The molecule has 1 aliphatic rings. The molecule has 0 amide bonds. The Hall–Kier alpha value is -0.960. The third-order valence-corrected chi connectivity index (χ3v) is 3.03. The Kier molecular flexibility index (Phi) is 3.00. The molecule has 0 saturated heterocycles. The minimum atomic E-state index is -0.367. The van der Waals surface area contributed by atoms with Crippen molar-refractivity contribution in [3.63, 3.8) is 0 Å². The number of hydrogen-bond donors (Lipinski definition) is 1. The third kappa shape index (κ3) is 2.34. The van der Waals surface area contributed by atoms with E-state index in [-0.39, 0.29) is 17.6 Å². The SMILES string of the molecule is NCCC(c1cc(F)ccc1F)C1CC1. The van der Waals surface area contributed by atoms with Gasteiger partial charge in [-0.15, -0.1) is 0 Å². The van der Waals surface area contributed by atoms with Crippen LogP contribution in [-0.4, -0.2) is 6.54 Å². The molecule has 0 aliphatic heterocycles. The first-order valence-corrected chi connectivity index (χ1v) is 5.37. The fourth-order valence-electron chi connectivity index (χ4n) is 2.12. The summed E-state index contributed by atoms with van der Waals surface area (Å²) in [5.41, 5.74) is 6.01. The van der Waals surface area contributed by atoms with Gasteiger partial charge in [0.25, 0.3) is 0 Å². The van der Waals surface area contributed by atoms with Crippen molar-refractivity contribution in [2.45, 2.75) is 25.2 Å². The molecule has 0 spiro atoms. The van der Waals surface area contributed by atoms with Crippen molar-refractivity contribution in [1.82, 2.24) is 0 Å². The molecule has 0 heterocycles. The first kappa shape index (κ1) is 10.6. The van der Waals surface area contributed by atoms with Crippen molar-refractivity contribution in [2.75, 3.05) is 6.54 Å². The Morgan fingerprint density at radius 1 is 1.33 bits per heavy atom. The van der Waals surface area contributed by atoms with Crippen molar-refractivity contribution < 1.29 is 8.78 Å². The van der Waals surface area contributed by atoms with Gasteiger partial charge >= 0.3 is 0 Å². The van der Waals surface area contributed by atoms with Crippen LogP contribution in [0.5, 0.6) is 0 Å². The lowest BCUT2D eigenvalue weighted by Crippen LogP contribution is -2.11. The molecule has 1 nitrogen and oxygen atoms in total. The van der Waals surface area contributed by atoms with Crippen molar-refractivity contribution in [2.24, 2.45) is 11.7 Å². The first-order chi connectivity index (χ1) is 7.22. The highest BCUT2D eigenvalue weighted by atomic mass is 19.1. The fraction of sp³-hybridized carbons (Fsp3) is 0.500. The maximum absolute atomic E-state index is 13.5. The Balaban J connectivity index is 2.27. The highest BCUT2D eigenvalue weighted by Gasteiger charge is 2.33. The second kappa shape index (κ2) is 4.27. The van der Waals surface area contributed by atoms with E-state index < -0.39 is 0 Å². The summed E-state index contributed by atoms with van der Waals surface area (Å²) < 4.78 is 26.6. The molecule has 1 aromatic carbocycles. The third-order valence-electron chi connectivity index (χ3n) is 3.03. The van der Waals surface area contributed by atoms with Gasteiger partial charge in [0.2, 0.25) is 0 Å². The van der Waals surface area contributed by atoms with Gasteiger partial charge in [-0.1, -0.05) is 0 Å². The molecule has 2 N–H and O–H groups in total. The van der Waals surface area contributed by atoms with Gasteiger partial charge in [0.05, 0.1) is 0 Å². The second-order valence-corrected chi connectivity index (χ2v) is 4.19. The fourth-order valence-corrected chi connectivity index (χ4v) is 2.12. The molecule has 82 valence electrons. The van der Waals surface area contributed by atoms with Gasteiger partial charge in [-0.2, -0.15) is 0 Å². The van der Waals surface area contributed by atoms with E-state index in [1.165, 1.54) is 12.1 Å². The first-order valence-electron chi connectivity index (χ1n) is 5.37. The van der Waals surface area contributed by atoms with E-state index >= 15 is 0 Å². The van der Waals surface area contributed by atoms with Crippen LogP contribution in [0.25, 0.3) is 0 Å². The average molecular weight is 211 g/mol. The van der Waals surface area contributed by atoms with E-state index in [1.807, 2.05) is 0 Å². The van der Waals surface area contributed by atoms with E-state index in [0.717, 1.165) is 25.3 Å². The van der Waals surface area contributed by atoms with Crippen LogP contribution in [0.15, 0.2) is 18.2 Å². The maximum Gasteiger partial charge on any atom is 0.126 e. The smallest absolute Gasteiger partial charge is 0.126 e. The van der Waals surface area contributed by atoms with Gasteiger partial charge < -0.3 is 5.73 Å². The van der Waals surface area contributed by atoms with Gasteiger partial charge in [0.1, 0.15) is 11.6 Å². The number of hydrogen-bond acceptors (Lipinski definition) is 1. The Morgan fingerprint density at radius 2 is 2.07 bits per heavy atom. The van der Waals surface area contributed by atoms with Crippen molar-refractivity contribution in [3.05, 3.63) is 35.4 Å². The van der Waals surface area contributed by atoms with Crippen molar-refractivity contribution in [3.8, 4) is 0 Å². The Morgan fingerprint density at radius 3 is 2.67 bits per heavy atom. The van der Waals surface area contributed by atoms with E-state index in [4.69, 9.17) is 5.73 Å². The van der Waals surface area contributed by atoms with E-state index in [2.05, 4.69) is 0 Å². The minimum Gasteiger partial charge on any atom is -0.330 e. The highest BCUT2D eigenvalue weighted by molar-refractivity contribution is 5.24. The normalized spacial score (nSPS) is 17.8. The number of halogens is 2. The second-order valence-electron chi connectivity index (χ2n) is 4.19. The van der Waals surface area contributed by atoms with Crippen LogP contribution in [0.2, 0.25) is 0 Å². The minimum absolute atomic E-state index is 0.102. The summed E-state index contributed by atoms with van der Waals surface area (Å²) in [5.74, 6) is -0.0635. The molecule has 3 heteroatoms. The lowest BCUT2D eigenvalue weighted by atomic mass is 9.90. The highest BCUT2D eigenvalue weighted by Crippen LogP contribution is 2.44. The van der Waals surface area contributed by atoms with Gasteiger partial charge in [-0.3, -0.25) is 0 Å². The van der Waals surface area contributed by atoms with Crippen LogP contribution >= 0.6 is 0 Å². The van der Waals surface area contributed by atoms with E-state index in [1.54, 1.807) is 0 Å².